The first-order chi connectivity index (χ1) is 13.1. The SMILES string of the molecule is C[n+]1ccn([C@H]2CC[C@H](C(C(N)=O)(c3ccccc3)c3ccccc3)C2)c1.[I-]. The van der Waals surface area contributed by atoms with Gasteiger partial charge in [0.15, 0.2) is 0 Å². The molecule has 0 aliphatic heterocycles. The lowest BCUT2D eigenvalue weighted by Crippen LogP contribution is -3.00. The first-order valence-electron chi connectivity index (χ1n) is 9.56. The Labute approximate surface area is 183 Å². The number of amides is 1. The van der Waals surface area contributed by atoms with Gasteiger partial charge in [-0.3, -0.25) is 4.79 Å². The maximum atomic E-state index is 13.1. The normalized spacial score (nSPS) is 19.2. The van der Waals surface area contributed by atoms with Crippen LogP contribution < -0.4 is 34.3 Å². The minimum atomic E-state index is -0.799. The number of benzene rings is 2. The maximum absolute atomic E-state index is 13.1. The summed E-state index contributed by atoms with van der Waals surface area (Å²) in [6.07, 6.45) is 9.24. The summed E-state index contributed by atoms with van der Waals surface area (Å²) >= 11 is 0. The van der Waals surface area contributed by atoms with Crippen LogP contribution in [0.5, 0.6) is 0 Å². The van der Waals surface area contributed by atoms with E-state index in [0.29, 0.717) is 6.04 Å². The lowest BCUT2D eigenvalue weighted by atomic mass is 9.64. The van der Waals surface area contributed by atoms with Crippen molar-refractivity contribution in [3.63, 3.8) is 0 Å². The zero-order valence-electron chi connectivity index (χ0n) is 16.0. The fourth-order valence-corrected chi connectivity index (χ4v) is 4.83. The molecule has 1 aromatic heterocycles. The van der Waals surface area contributed by atoms with E-state index in [9.17, 15) is 4.79 Å². The van der Waals surface area contributed by atoms with Gasteiger partial charge in [0.1, 0.15) is 23.9 Å². The number of rotatable bonds is 5. The van der Waals surface area contributed by atoms with Gasteiger partial charge < -0.3 is 29.7 Å². The molecule has 2 aromatic carbocycles. The average molecular weight is 487 g/mol. The molecule has 5 heteroatoms. The molecule has 0 saturated heterocycles. The second-order valence-corrected chi connectivity index (χ2v) is 7.59. The van der Waals surface area contributed by atoms with E-state index in [2.05, 4.69) is 27.9 Å². The molecule has 1 heterocycles. The Morgan fingerprint density at radius 1 is 1.04 bits per heavy atom. The first-order valence-corrected chi connectivity index (χ1v) is 9.56. The molecule has 3 aromatic rings. The number of nitrogens with zero attached hydrogens (tertiary/aromatic N) is 2. The van der Waals surface area contributed by atoms with Crippen molar-refractivity contribution in [3.05, 3.63) is 90.5 Å². The smallest absolute Gasteiger partial charge is 0.243 e. The molecular weight excluding hydrogens is 461 g/mol. The molecular formula is C23H26IN3O. The number of imidazole rings is 1. The summed E-state index contributed by atoms with van der Waals surface area (Å²) in [5, 5.41) is 0. The van der Waals surface area contributed by atoms with Crippen LogP contribution in [0.4, 0.5) is 0 Å². The molecule has 146 valence electrons. The summed E-state index contributed by atoms with van der Waals surface area (Å²) < 4.78 is 4.32. The predicted octanol–water partition coefficient (Wildman–Crippen LogP) is 0.129. The molecule has 4 rings (SSSR count). The van der Waals surface area contributed by atoms with Gasteiger partial charge in [-0.25, -0.2) is 9.13 Å². The van der Waals surface area contributed by atoms with Gasteiger partial charge in [0.05, 0.1) is 7.05 Å². The number of hydrogen-bond donors (Lipinski definition) is 1. The highest BCUT2D eigenvalue weighted by Gasteiger charge is 2.50. The van der Waals surface area contributed by atoms with Crippen molar-refractivity contribution < 1.29 is 33.3 Å². The number of halogens is 1. The highest BCUT2D eigenvalue weighted by atomic mass is 127. The lowest BCUT2D eigenvalue weighted by Gasteiger charge is -2.37. The lowest BCUT2D eigenvalue weighted by molar-refractivity contribution is -0.671. The largest absolute Gasteiger partial charge is 1.00 e. The van der Waals surface area contributed by atoms with E-state index in [4.69, 9.17) is 5.73 Å². The van der Waals surface area contributed by atoms with Crippen molar-refractivity contribution >= 4 is 5.91 Å². The molecule has 0 bridgehead atoms. The topological polar surface area (TPSA) is 51.9 Å². The van der Waals surface area contributed by atoms with Crippen molar-refractivity contribution in [2.75, 3.05) is 0 Å². The van der Waals surface area contributed by atoms with E-state index in [0.717, 1.165) is 30.4 Å². The molecule has 1 aliphatic rings. The van der Waals surface area contributed by atoms with E-state index in [1.807, 2.05) is 67.7 Å². The Hall–Kier alpha value is -2.15. The summed E-state index contributed by atoms with van der Waals surface area (Å²) in [7, 11) is 2.03. The number of carbonyl (C=O) groups is 1. The third-order valence-electron chi connectivity index (χ3n) is 6.08. The van der Waals surface area contributed by atoms with Gasteiger partial charge in [-0.2, -0.15) is 0 Å². The predicted molar refractivity (Wildman–Crippen MR) is 105 cm³/mol. The molecule has 0 radical (unpaired) electrons. The van der Waals surface area contributed by atoms with E-state index in [1.54, 1.807) is 0 Å². The minimum Gasteiger partial charge on any atom is -1.00 e. The Balaban J connectivity index is 0.00000225. The van der Waals surface area contributed by atoms with Crippen LogP contribution in [0.25, 0.3) is 0 Å². The van der Waals surface area contributed by atoms with E-state index < -0.39 is 5.41 Å². The zero-order chi connectivity index (χ0) is 18.9. The molecule has 4 nitrogen and oxygen atoms in total. The van der Waals surface area contributed by atoms with Crippen molar-refractivity contribution in [2.24, 2.45) is 18.7 Å². The van der Waals surface area contributed by atoms with E-state index in [-0.39, 0.29) is 35.8 Å². The fraction of sp³-hybridized carbons (Fsp3) is 0.304. The summed E-state index contributed by atoms with van der Waals surface area (Å²) in [5.74, 6) is -0.0962. The van der Waals surface area contributed by atoms with Crippen molar-refractivity contribution in [1.82, 2.24) is 4.57 Å². The van der Waals surface area contributed by atoms with Crippen LogP contribution in [0.1, 0.15) is 36.4 Å². The molecule has 1 aliphatic carbocycles. The fourth-order valence-electron chi connectivity index (χ4n) is 4.83. The van der Waals surface area contributed by atoms with Gasteiger partial charge >= 0.3 is 0 Å². The highest BCUT2D eigenvalue weighted by molar-refractivity contribution is 5.91. The van der Waals surface area contributed by atoms with Crippen LogP contribution >= 0.6 is 0 Å². The molecule has 28 heavy (non-hydrogen) atoms. The Morgan fingerprint density at radius 3 is 2.07 bits per heavy atom. The molecule has 1 amide bonds. The average Bonchev–Trinajstić information content (AvgIpc) is 3.33. The van der Waals surface area contributed by atoms with Crippen LogP contribution in [0.2, 0.25) is 0 Å². The Bertz CT molecular complexity index is 884. The molecule has 0 spiro atoms. The molecule has 2 atom stereocenters. The van der Waals surface area contributed by atoms with E-state index >= 15 is 0 Å². The van der Waals surface area contributed by atoms with Gasteiger partial charge in [-0.15, -0.1) is 0 Å². The van der Waals surface area contributed by atoms with Crippen LogP contribution in [-0.2, 0) is 17.3 Å². The van der Waals surface area contributed by atoms with Gasteiger partial charge in [0.2, 0.25) is 12.2 Å². The number of aromatic nitrogens is 2. The third-order valence-corrected chi connectivity index (χ3v) is 6.08. The van der Waals surface area contributed by atoms with Gasteiger partial charge in [-0.1, -0.05) is 60.7 Å². The molecule has 1 fully saturated rings. The van der Waals surface area contributed by atoms with Gasteiger partial charge in [0.25, 0.3) is 0 Å². The quantitative estimate of drug-likeness (QED) is 0.404. The highest BCUT2D eigenvalue weighted by Crippen LogP contribution is 2.49. The number of hydrogen-bond acceptors (Lipinski definition) is 1. The Kier molecular flexibility index (Phi) is 6.23. The van der Waals surface area contributed by atoms with Crippen LogP contribution in [0.3, 0.4) is 0 Å². The van der Waals surface area contributed by atoms with Crippen LogP contribution in [-0.4, -0.2) is 10.5 Å². The van der Waals surface area contributed by atoms with E-state index in [1.165, 1.54) is 0 Å². The number of aryl methyl sites for hydroxylation is 1. The number of carbonyl (C=O) groups excluding carboxylic acids is 1. The maximum Gasteiger partial charge on any atom is 0.243 e. The van der Waals surface area contributed by atoms with Crippen molar-refractivity contribution in [2.45, 2.75) is 30.7 Å². The summed E-state index contributed by atoms with van der Waals surface area (Å²) in [6, 6.07) is 20.5. The van der Waals surface area contributed by atoms with Crippen LogP contribution in [0.15, 0.2) is 79.4 Å². The second-order valence-electron chi connectivity index (χ2n) is 7.59. The minimum absolute atomic E-state index is 0. The molecule has 2 N–H and O–H groups in total. The summed E-state index contributed by atoms with van der Waals surface area (Å²) in [4.78, 5) is 13.1. The summed E-state index contributed by atoms with van der Waals surface area (Å²) in [5.41, 5.74) is 7.34. The number of nitrogens with two attached hydrogens (primary N) is 1. The monoisotopic (exact) mass is 487 g/mol. The Morgan fingerprint density at radius 2 is 1.61 bits per heavy atom. The van der Waals surface area contributed by atoms with Gasteiger partial charge in [-0.05, 0) is 36.3 Å². The first kappa shape index (κ1) is 20.6. The van der Waals surface area contributed by atoms with Crippen LogP contribution in [0, 0.1) is 5.92 Å². The molecule has 1 saturated carbocycles. The standard InChI is InChI=1S/C23H25N3O.HI/c1-25-14-15-26(17-25)21-13-12-20(16-21)23(22(24)27,18-8-4-2-5-9-18)19-10-6-3-7-11-19;/h2-11,14-15,17,20-21H,12-13,16H2,1H3,(H-,24,27);1H/t20-,21-;/m0./s1. The zero-order valence-corrected chi connectivity index (χ0v) is 18.2. The summed E-state index contributed by atoms with van der Waals surface area (Å²) in [6.45, 7) is 0. The van der Waals surface area contributed by atoms with Crippen molar-refractivity contribution in [3.8, 4) is 0 Å². The third kappa shape index (κ3) is 3.48. The second kappa shape index (κ2) is 8.47. The number of primary amides is 1. The molecule has 0 unspecified atom stereocenters. The van der Waals surface area contributed by atoms with Gasteiger partial charge in [0, 0.05) is 0 Å². The van der Waals surface area contributed by atoms with Crippen molar-refractivity contribution in [1.29, 1.82) is 0 Å².